The third-order valence-electron chi connectivity index (χ3n) is 2.73. The van der Waals surface area contributed by atoms with Crippen molar-refractivity contribution in [1.82, 2.24) is 0 Å². The summed E-state index contributed by atoms with van der Waals surface area (Å²) in [5.41, 5.74) is 7.13. The van der Waals surface area contributed by atoms with Crippen LogP contribution in [0.25, 0.3) is 0 Å². The van der Waals surface area contributed by atoms with Gasteiger partial charge in [-0.25, -0.2) is 0 Å². The summed E-state index contributed by atoms with van der Waals surface area (Å²) in [7, 11) is 1.63. The zero-order valence-corrected chi connectivity index (χ0v) is 12.8. The first-order valence-electron chi connectivity index (χ1n) is 6.25. The number of rotatable bonds is 7. The lowest BCUT2D eigenvalue weighted by atomic mass is 10.1. The molecule has 0 atom stereocenters. The summed E-state index contributed by atoms with van der Waals surface area (Å²) >= 11 is 5.05. The Hall–Kier alpha value is -1.33. The molecule has 5 heteroatoms. The third kappa shape index (κ3) is 4.69. The highest BCUT2D eigenvalue weighted by molar-refractivity contribution is 7.80. The molecule has 0 heterocycles. The second-order valence-corrected chi connectivity index (χ2v) is 5.26. The Labute approximate surface area is 120 Å². The summed E-state index contributed by atoms with van der Waals surface area (Å²) in [5, 5.41) is 3.32. The maximum absolute atomic E-state index is 5.72. The van der Waals surface area contributed by atoms with Gasteiger partial charge in [0.25, 0.3) is 0 Å². The molecule has 0 fully saturated rings. The Morgan fingerprint density at radius 3 is 2.63 bits per heavy atom. The van der Waals surface area contributed by atoms with Gasteiger partial charge in [-0.05, 0) is 32.9 Å². The predicted molar refractivity (Wildman–Crippen MR) is 83.1 cm³/mol. The molecular weight excluding hydrogens is 260 g/mol. The summed E-state index contributed by atoms with van der Waals surface area (Å²) in [6.07, 6.45) is 0. The van der Waals surface area contributed by atoms with Gasteiger partial charge in [0.05, 0.1) is 12.7 Å². The van der Waals surface area contributed by atoms with Gasteiger partial charge < -0.3 is 20.5 Å². The highest BCUT2D eigenvalue weighted by Gasteiger charge is 2.18. The van der Waals surface area contributed by atoms with Crippen LogP contribution in [0.2, 0.25) is 0 Å². The number of hydrogen-bond donors (Lipinski definition) is 2. The van der Waals surface area contributed by atoms with Crippen LogP contribution in [-0.2, 0) is 4.74 Å². The van der Waals surface area contributed by atoms with E-state index in [0.717, 1.165) is 17.0 Å². The molecule has 0 saturated heterocycles. The summed E-state index contributed by atoms with van der Waals surface area (Å²) in [6, 6.07) is 5.58. The number of nitrogens with two attached hydrogens (primary N) is 1. The molecule has 1 rings (SSSR count). The van der Waals surface area contributed by atoms with Crippen LogP contribution in [0.1, 0.15) is 26.3 Å². The standard InChI is InChI=1S/C14H22N2O2S/c1-5-18-14(2,3)9-16-12-8-10(17-4)6-7-11(12)13(15)19/h6-8,16H,5,9H2,1-4H3,(H2,15,19). The van der Waals surface area contributed by atoms with E-state index in [1.165, 1.54) is 0 Å². The fourth-order valence-electron chi connectivity index (χ4n) is 1.76. The van der Waals surface area contributed by atoms with Gasteiger partial charge in [0.2, 0.25) is 0 Å². The first kappa shape index (κ1) is 15.7. The van der Waals surface area contributed by atoms with E-state index in [1.54, 1.807) is 7.11 Å². The summed E-state index contributed by atoms with van der Waals surface area (Å²) in [5.74, 6) is 0.761. The van der Waals surface area contributed by atoms with Crippen molar-refractivity contribution in [3.05, 3.63) is 23.8 Å². The van der Waals surface area contributed by atoms with E-state index in [4.69, 9.17) is 27.4 Å². The highest BCUT2D eigenvalue weighted by atomic mass is 32.1. The van der Waals surface area contributed by atoms with E-state index in [2.05, 4.69) is 5.32 Å². The average molecular weight is 282 g/mol. The van der Waals surface area contributed by atoms with E-state index in [-0.39, 0.29) is 5.60 Å². The fourth-order valence-corrected chi connectivity index (χ4v) is 1.94. The second-order valence-electron chi connectivity index (χ2n) is 4.82. The van der Waals surface area contributed by atoms with Crippen LogP contribution < -0.4 is 15.8 Å². The number of nitrogens with one attached hydrogen (secondary N) is 1. The van der Waals surface area contributed by atoms with Gasteiger partial charge in [-0.15, -0.1) is 0 Å². The van der Waals surface area contributed by atoms with Crippen molar-refractivity contribution >= 4 is 22.9 Å². The van der Waals surface area contributed by atoms with Crippen molar-refractivity contribution in [2.24, 2.45) is 5.73 Å². The molecule has 1 aromatic carbocycles. The largest absolute Gasteiger partial charge is 0.497 e. The first-order valence-corrected chi connectivity index (χ1v) is 6.66. The zero-order chi connectivity index (χ0) is 14.5. The van der Waals surface area contributed by atoms with Crippen molar-refractivity contribution in [3.63, 3.8) is 0 Å². The van der Waals surface area contributed by atoms with Gasteiger partial charge in [0.15, 0.2) is 0 Å². The minimum atomic E-state index is -0.259. The molecule has 0 unspecified atom stereocenters. The summed E-state index contributed by atoms with van der Waals surface area (Å²) < 4.78 is 10.9. The lowest BCUT2D eigenvalue weighted by Crippen LogP contribution is -2.33. The normalized spacial score (nSPS) is 11.2. The number of ether oxygens (including phenoxy) is 2. The molecule has 4 nitrogen and oxygen atoms in total. The molecule has 0 aromatic heterocycles. The lowest BCUT2D eigenvalue weighted by molar-refractivity contribution is 0.000694. The fraction of sp³-hybridized carbons (Fsp3) is 0.500. The number of anilines is 1. The summed E-state index contributed by atoms with van der Waals surface area (Å²) in [6.45, 7) is 7.38. The SMILES string of the molecule is CCOC(C)(C)CNc1cc(OC)ccc1C(N)=S. The highest BCUT2D eigenvalue weighted by Crippen LogP contribution is 2.23. The Bertz CT molecular complexity index is 447. The molecule has 0 radical (unpaired) electrons. The van der Waals surface area contributed by atoms with Gasteiger partial charge in [-0.2, -0.15) is 0 Å². The van der Waals surface area contributed by atoms with Crippen molar-refractivity contribution in [1.29, 1.82) is 0 Å². The molecule has 0 aliphatic carbocycles. The van der Waals surface area contributed by atoms with Crippen LogP contribution in [0.5, 0.6) is 5.75 Å². The summed E-state index contributed by atoms with van der Waals surface area (Å²) in [4.78, 5) is 0.361. The van der Waals surface area contributed by atoms with Crippen LogP contribution in [0.4, 0.5) is 5.69 Å². The Kier molecular flexibility index (Phi) is 5.57. The van der Waals surface area contributed by atoms with Crippen LogP contribution in [0.15, 0.2) is 18.2 Å². The molecule has 3 N–H and O–H groups in total. The van der Waals surface area contributed by atoms with Crippen molar-refractivity contribution in [2.75, 3.05) is 25.6 Å². The van der Waals surface area contributed by atoms with Gasteiger partial charge in [0, 0.05) is 30.5 Å². The van der Waals surface area contributed by atoms with E-state index in [9.17, 15) is 0 Å². The maximum Gasteiger partial charge on any atom is 0.120 e. The smallest absolute Gasteiger partial charge is 0.120 e. The molecule has 19 heavy (non-hydrogen) atoms. The monoisotopic (exact) mass is 282 g/mol. The molecule has 0 aliphatic rings. The third-order valence-corrected chi connectivity index (χ3v) is 2.95. The first-order chi connectivity index (χ1) is 8.89. The number of benzene rings is 1. The van der Waals surface area contributed by atoms with E-state index in [0.29, 0.717) is 18.1 Å². The van der Waals surface area contributed by atoms with Crippen LogP contribution in [0, 0.1) is 0 Å². The minimum Gasteiger partial charge on any atom is -0.497 e. The Morgan fingerprint density at radius 1 is 1.42 bits per heavy atom. The molecule has 106 valence electrons. The predicted octanol–water partition coefficient (Wildman–Crippen LogP) is 2.56. The van der Waals surface area contributed by atoms with E-state index >= 15 is 0 Å². The van der Waals surface area contributed by atoms with Crippen LogP contribution in [0.3, 0.4) is 0 Å². The lowest BCUT2D eigenvalue weighted by Gasteiger charge is -2.26. The topological polar surface area (TPSA) is 56.5 Å². The van der Waals surface area contributed by atoms with E-state index in [1.807, 2.05) is 39.0 Å². The van der Waals surface area contributed by atoms with Gasteiger partial charge in [0.1, 0.15) is 10.7 Å². The van der Waals surface area contributed by atoms with Crippen molar-refractivity contribution < 1.29 is 9.47 Å². The van der Waals surface area contributed by atoms with Gasteiger partial charge in [-0.1, -0.05) is 12.2 Å². The second kappa shape index (κ2) is 6.73. The van der Waals surface area contributed by atoms with Crippen molar-refractivity contribution in [2.45, 2.75) is 26.4 Å². The number of methoxy groups -OCH3 is 1. The minimum absolute atomic E-state index is 0.259. The maximum atomic E-state index is 5.72. The molecule has 0 bridgehead atoms. The number of hydrogen-bond acceptors (Lipinski definition) is 4. The van der Waals surface area contributed by atoms with E-state index < -0.39 is 0 Å². The molecule has 0 amide bonds. The van der Waals surface area contributed by atoms with Crippen LogP contribution in [-0.4, -0.2) is 30.9 Å². The van der Waals surface area contributed by atoms with Gasteiger partial charge >= 0.3 is 0 Å². The van der Waals surface area contributed by atoms with Crippen molar-refractivity contribution in [3.8, 4) is 5.75 Å². The molecular formula is C14H22N2O2S. The van der Waals surface area contributed by atoms with Crippen LogP contribution >= 0.6 is 12.2 Å². The molecule has 0 spiro atoms. The molecule has 0 aliphatic heterocycles. The quantitative estimate of drug-likeness (QED) is 0.753. The number of thiocarbonyl (C=S) groups is 1. The van der Waals surface area contributed by atoms with Gasteiger partial charge in [-0.3, -0.25) is 0 Å². The Balaban J connectivity index is 2.89. The molecule has 1 aromatic rings. The zero-order valence-electron chi connectivity index (χ0n) is 11.9. The Morgan fingerprint density at radius 2 is 2.11 bits per heavy atom. The average Bonchev–Trinajstić information content (AvgIpc) is 2.35. The molecule has 0 saturated carbocycles.